The zero-order valence-corrected chi connectivity index (χ0v) is 13.1. The van der Waals surface area contributed by atoms with Crippen LogP contribution in [0.2, 0.25) is 0 Å². The van der Waals surface area contributed by atoms with Gasteiger partial charge in [0.2, 0.25) is 0 Å². The van der Waals surface area contributed by atoms with Gasteiger partial charge >= 0.3 is 0 Å². The second-order valence-electron chi connectivity index (χ2n) is 4.98. The van der Waals surface area contributed by atoms with Gasteiger partial charge < -0.3 is 15.4 Å². The average molecular weight is 320 g/mol. The minimum Gasteiger partial charge on any atom is -0.497 e. The van der Waals surface area contributed by atoms with Crippen molar-refractivity contribution in [3.8, 4) is 5.75 Å². The van der Waals surface area contributed by atoms with Crippen LogP contribution in [0.5, 0.6) is 5.75 Å². The fourth-order valence-electron chi connectivity index (χ4n) is 2.06. The highest BCUT2D eigenvalue weighted by molar-refractivity contribution is 6.02. The largest absolute Gasteiger partial charge is 0.497 e. The summed E-state index contributed by atoms with van der Waals surface area (Å²) in [5.74, 6) is 0.977. The van der Waals surface area contributed by atoms with E-state index in [9.17, 15) is 4.79 Å². The highest BCUT2D eigenvalue weighted by atomic mass is 16.5. The number of methoxy groups -OCH3 is 1. The van der Waals surface area contributed by atoms with Gasteiger partial charge in [-0.3, -0.25) is 4.79 Å². The number of nitrogens with zero attached hydrogens (tertiary/aromatic N) is 2. The van der Waals surface area contributed by atoms with E-state index < -0.39 is 0 Å². The fraction of sp³-hybridized carbons (Fsp3) is 0.0556. The molecule has 1 heterocycles. The second-order valence-corrected chi connectivity index (χ2v) is 4.98. The summed E-state index contributed by atoms with van der Waals surface area (Å²) in [6.45, 7) is 0. The monoisotopic (exact) mass is 320 g/mol. The number of carbonyl (C=O) groups excluding carboxylic acids is 1. The maximum Gasteiger partial charge on any atom is 0.276 e. The Hall–Kier alpha value is -3.41. The molecule has 0 unspecified atom stereocenters. The molecule has 0 bridgehead atoms. The fourth-order valence-corrected chi connectivity index (χ4v) is 2.06. The molecular formula is C18H16N4O2. The molecule has 0 aliphatic carbocycles. The number of carbonyl (C=O) groups is 1. The second kappa shape index (κ2) is 7.23. The first-order valence-electron chi connectivity index (χ1n) is 7.36. The summed E-state index contributed by atoms with van der Waals surface area (Å²) in [7, 11) is 1.59. The summed E-state index contributed by atoms with van der Waals surface area (Å²) in [4.78, 5) is 12.2. The Morgan fingerprint density at radius 1 is 0.875 bits per heavy atom. The molecule has 0 saturated carbocycles. The molecule has 0 fully saturated rings. The third kappa shape index (κ3) is 3.86. The molecule has 3 rings (SSSR count). The highest BCUT2D eigenvalue weighted by Gasteiger charge is 2.09. The molecule has 0 aliphatic heterocycles. The molecule has 6 nitrogen and oxygen atoms in total. The van der Waals surface area contributed by atoms with Crippen molar-refractivity contribution in [3.63, 3.8) is 0 Å². The summed E-state index contributed by atoms with van der Waals surface area (Å²) in [6, 6.07) is 20.0. The van der Waals surface area contributed by atoms with E-state index in [2.05, 4.69) is 20.8 Å². The Morgan fingerprint density at radius 2 is 1.62 bits per heavy atom. The minimum absolute atomic E-state index is 0.240. The third-order valence-corrected chi connectivity index (χ3v) is 3.29. The zero-order chi connectivity index (χ0) is 16.8. The standard InChI is InChI=1S/C18H16N4O2/c1-24-15-9-7-14(8-10-15)20-18(23)16-11-12-17(22-21-16)19-13-5-3-2-4-6-13/h2-12H,1H3,(H,19,22)(H,20,23). The van der Waals surface area contributed by atoms with E-state index in [-0.39, 0.29) is 11.6 Å². The Morgan fingerprint density at radius 3 is 2.25 bits per heavy atom. The van der Waals surface area contributed by atoms with E-state index in [0.717, 1.165) is 11.4 Å². The van der Waals surface area contributed by atoms with Crippen molar-refractivity contribution in [1.29, 1.82) is 0 Å². The number of nitrogens with one attached hydrogen (secondary N) is 2. The van der Waals surface area contributed by atoms with E-state index in [1.54, 1.807) is 43.5 Å². The quantitative estimate of drug-likeness (QED) is 0.752. The van der Waals surface area contributed by atoms with Crippen LogP contribution in [0, 0.1) is 0 Å². The molecule has 1 amide bonds. The van der Waals surface area contributed by atoms with Crippen LogP contribution in [-0.4, -0.2) is 23.2 Å². The smallest absolute Gasteiger partial charge is 0.276 e. The van der Waals surface area contributed by atoms with Gasteiger partial charge in [0, 0.05) is 11.4 Å². The average Bonchev–Trinajstić information content (AvgIpc) is 2.64. The van der Waals surface area contributed by atoms with Crippen LogP contribution in [-0.2, 0) is 0 Å². The van der Waals surface area contributed by atoms with Crippen molar-refractivity contribution in [2.75, 3.05) is 17.7 Å². The van der Waals surface area contributed by atoms with Crippen LogP contribution >= 0.6 is 0 Å². The molecule has 1 aromatic heterocycles. The number of aromatic nitrogens is 2. The van der Waals surface area contributed by atoms with Crippen LogP contribution in [0.1, 0.15) is 10.5 Å². The molecule has 24 heavy (non-hydrogen) atoms. The molecule has 120 valence electrons. The third-order valence-electron chi connectivity index (χ3n) is 3.29. The maximum absolute atomic E-state index is 12.2. The van der Waals surface area contributed by atoms with Gasteiger partial charge in [0.1, 0.15) is 5.75 Å². The van der Waals surface area contributed by atoms with Crippen LogP contribution in [0.4, 0.5) is 17.2 Å². The van der Waals surface area contributed by atoms with Crippen LogP contribution in [0.3, 0.4) is 0 Å². The van der Waals surface area contributed by atoms with Gasteiger partial charge in [-0.15, -0.1) is 10.2 Å². The lowest BCUT2D eigenvalue weighted by Crippen LogP contribution is -2.14. The summed E-state index contributed by atoms with van der Waals surface area (Å²) in [5, 5.41) is 13.9. The van der Waals surface area contributed by atoms with Gasteiger partial charge in [0.25, 0.3) is 5.91 Å². The summed E-state index contributed by atoms with van der Waals surface area (Å²) >= 11 is 0. The van der Waals surface area contributed by atoms with E-state index in [1.165, 1.54) is 0 Å². The number of amides is 1. The normalized spacial score (nSPS) is 10.0. The van der Waals surface area contributed by atoms with Gasteiger partial charge in [-0.2, -0.15) is 0 Å². The molecule has 2 N–H and O–H groups in total. The summed E-state index contributed by atoms with van der Waals surface area (Å²) in [5.41, 5.74) is 1.81. The molecule has 3 aromatic rings. The van der Waals surface area contributed by atoms with Crippen molar-refractivity contribution >= 4 is 23.1 Å². The number of anilines is 3. The lowest BCUT2D eigenvalue weighted by atomic mass is 10.3. The van der Waals surface area contributed by atoms with Gasteiger partial charge in [-0.1, -0.05) is 18.2 Å². The molecule has 0 radical (unpaired) electrons. The zero-order valence-electron chi connectivity index (χ0n) is 13.1. The van der Waals surface area contributed by atoms with Gasteiger partial charge in [0.15, 0.2) is 11.5 Å². The lowest BCUT2D eigenvalue weighted by Gasteiger charge is -2.07. The highest BCUT2D eigenvalue weighted by Crippen LogP contribution is 2.16. The first-order chi connectivity index (χ1) is 11.7. The molecule has 0 aliphatic rings. The topological polar surface area (TPSA) is 76.1 Å². The van der Waals surface area contributed by atoms with Crippen LogP contribution < -0.4 is 15.4 Å². The summed E-state index contributed by atoms with van der Waals surface area (Å²) in [6.07, 6.45) is 0. The predicted octanol–water partition coefficient (Wildman–Crippen LogP) is 3.48. The Labute approximate surface area is 139 Å². The number of hydrogen-bond donors (Lipinski definition) is 2. The molecule has 2 aromatic carbocycles. The van der Waals surface area contributed by atoms with E-state index in [0.29, 0.717) is 11.5 Å². The Bertz CT molecular complexity index is 803. The molecule has 6 heteroatoms. The van der Waals surface area contributed by atoms with Gasteiger partial charge in [0.05, 0.1) is 7.11 Å². The number of para-hydroxylation sites is 1. The minimum atomic E-state index is -0.320. The molecular weight excluding hydrogens is 304 g/mol. The first-order valence-corrected chi connectivity index (χ1v) is 7.36. The SMILES string of the molecule is COc1ccc(NC(=O)c2ccc(Nc3ccccc3)nn2)cc1. The molecule has 0 saturated heterocycles. The summed E-state index contributed by atoms with van der Waals surface area (Å²) < 4.78 is 5.08. The first kappa shape index (κ1) is 15.5. The van der Waals surface area contributed by atoms with Crippen molar-refractivity contribution in [2.45, 2.75) is 0 Å². The predicted molar refractivity (Wildman–Crippen MR) is 92.7 cm³/mol. The van der Waals surface area contributed by atoms with Gasteiger partial charge in [-0.05, 0) is 48.5 Å². The number of benzene rings is 2. The van der Waals surface area contributed by atoms with Crippen molar-refractivity contribution < 1.29 is 9.53 Å². The van der Waals surface area contributed by atoms with Crippen molar-refractivity contribution in [3.05, 3.63) is 72.4 Å². The number of hydrogen-bond acceptors (Lipinski definition) is 5. The van der Waals surface area contributed by atoms with E-state index in [4.69, 9.17) is 4.74 Å². The molecule has 0 spiro atoms. The van der Waals surface area contributed by atoms with Crippen LogP contribution in [0.15, 0.2) is 66.7 Å². The van der Waals surface area contributed by atoms with E-state index >= 15 is 0 Å². The van der Waals surface area contributed by atoms with Crippen LogP contribution in [0.25, 0.3) is 0 Å². The Balaban J connectivity index is 1.64. The maximum atomic E-state index is 12.2. The molecule has 0 atom stereocenters. The number of rotatable bonds is 5. The van der Waals surface area contributed by atoms with Gasteiger partial charge in [-0.25, -0.2) is 0 Å². The van der Waals surface area contributed by atoms with Crippen molar-refractivity contribution in [1.82, 2.24) is 10.2 Å². The lowest BCUT2D eigenvalue weighted by molar-refractivity contribution is 0.102. The van der Waals surface area contributed by atoms with E-state index in [1.807, 2.05) is 30.3 Å². The number of ether oxygens (including phenoxy) is 1. The van der Waals surface area contributed by atoms with Crippen molar-refractivity contribution in [2.24, 2.45) is 0 Å². The Kier molecular flexibility index (Phi) is 4.67.